The average Bonchev–Trinajstić information content (AvgIpc) is 3.41. The van der Waals surface area contributed by atoms with E-state index in [9.17, 15) is 14.9 Å². The van der Waals surface area contributed by atoms with Gasteiger partial charge in [-0.3, -0.25) is 4.79 Å². The molecule has 8 heteroatoms. The molecule has 0 unspecified atom stereocenters. The summed E-state index contributed by atoms with van der Waals surface area (Å²) in [4.78, 5) is 26.3. The first-order valence-corrected chi connectivity index (χ1v) is 11.2. The average molecular weight is 467 g/mol. The summed E-state index contributed by atoms with van der Waals surface area (Å²) in [6.45, 7) is 0. The molecule has 0 saturated carbocycles. The minimum atomic E-state index is -0.614. The summed E-state index contributed by atoms with van der Waals surface area (Å²) in [5.41, 5.74) is 1.97. The summed E-state index contributed by atoms with van der Waals surface area (Å²) < 4.78 is 10.7. The van der Waals surface area contributed by atoms with E-state index in [0.717, 1.165) is 41.7 Å². The van der Waals surface area contributed by atoms with Crippen LogP contribution in [0, 0.1) is 11.3 Å². The minimum absolute atomic E-state index is 0.140. The van der Waals surface area contributed by atoms with Gasteiger partial charge in [0, 0.05) is 21.5 Å². The molecule has 0 saturated heterocycles. The lowest BCUT2D eigenvalue weighted by atomic mass is 9.95. The number of aryl methyl sites for hydroxylation is 1. The van der Waals surface area contributed by atoms with E-state index in [-0.39, 0.29) is 5.57 Å². The Bertz CT molecular complexity index is 1270. The van der Waals surface area contributed by atoms with E-state index >= 15 is 0 Å². The first-order valence-electron chi connectivity index (χ1n) is 10.0. The number of halogens is 1. The Morgan fingerprint density at radius 1 is 1.25 bits per heavy atom. The van der Waals surface area contributed by atoms with Crippen molar-refractivity contribution in [2.24, 2.45) is 0 Å². The highest BCUT2D eigenvalue weighted by atomic mass is 35.5. The number of anilines is 1. The lowest BCUT2D eigenvalue weighted by molar-refractivity contribution is -0.112. The summed E-state index contributed by atoms with van der Waals surface area (Å²) in [7, 11) is 1.32. The maximum atomic E-state index is 12.8. The molecule has 0 aliphatic heterocycles. The highest BCUT2D eigenvalue weighted by Gasteiger charge is 2.27. The second kappa shape index (κ2) is 9.43. The Labute approximate surface area is 194 Å². The topological polar surface area (TPSA) is 92.3 Å². The van der Waals surface area contributed by atoms with Gasteiger partial charge in [0.25, 0.3) is 5.91 Å². The van der Waals surface area contributed by atoms with Gasteiger partial charge in [-0.15, -0.1) is 11.3 Å². The van der Waals surface area contributed by atoms with Crippen LogP contribution in [0.4, 0.5) is 5.00 Å². The Kier molecular flexibility index (Phi) is 6.45. The van der Waals surface area contributed by atoms with Crippen molar-refractivity contribution in [3.8, 4) is 17.4 Å². The maximum Gasteiger partial charge on any atom is 0.341 e. The van der Waals surface area contributed by atoms with Crippen molar-refractivity contribution in [2.45, 2.75) is 25.7 Å². The SMILES string of the molecule is COC(=O)c1c(NC(=O)/C(C#N)=C/c2ccc(-c3cccc(Cl)c3)o2)sc2c1CCCC2. The van der Waals surface area contributed by atoms with Crippen LogP contribution >= 0.6 is 22.9 Å². The molecule has 162 valence electrons. The predicted octanol–water partition coefficient (Wildman–Crippen LogP) is 5.87. The van der Waals surface area contributed by atoms with Crippen LogP contribution < -0.4 is 5.32 Å². The van der Waals surface area contributed by atoms with Gasteiger partial charge in [-0.25, -0.2) is 4.79 Å². The van der Waals surface area contributed by atoms with Gasteiger partial charge in [0.2, 0.25) is 0 Å². The molecule has 1 aliphatic rings. The molecule has 0 radical (unpaired) electrons. The van der Waals surface area contributed by atoms with Gasteiger partial charge < -0.3 is 14.5 Å². The van der Waals surface area contributed by atoms with E-state index in [4.69, 9.17) is 20.8 Å². The number of benzene rings is 1. The number of fused-ring (bicyclic) bond motifs is 1. The standard InChI is InChI=1S/C24H19ClN2O4S/c1-30-24(29)21-18-7-2-3-8-20(18)32-23(21)27-22(28)15(13-26)12-17-9-10-19(31-17)14-5-4-6-16(25)11-14/h4-6,9-12H,2-3,7-8H2,1H3,(H,27,28)/b15-12+. The molecular formula is C24H19ClN2O4S. The summed E-state index contributed by atoms with van der Waals surface area (Å²) in [6.07, 6.45) is 5.02. The molecule has 4 rings (SSSR count). The van der Waals surface area contributed by atoms with E-state index in [2.05, 4.69) is 5.32 Å². The van der Waals surface area contributed by atoms with E-state index < -0.39 is 11.9 Å². The first-order chi connectivity index (χ1) is 15.5. The van der Waals surface area contributed by atoms with Crippen LogP contribution in [0.15, 0.2) is 46.4 Å². The second-order valence-electron chi connectivity index (χ2n) is 7.24. The quantitative estimate of drug-likeness (QED) is 0.288. The number of nitrogens with zero attached hydrogens (tertiary/aromatic N) is 1. The maximum absolute atomic E-state index is 12.8. The molecule has 1 aromatic carbocycles. The molecule has 0 fully saturated rings. The largest absolute Gasteiger partial charge is 0.465 e. The van der Waals surface area contributed by atoms with Crippen LogP contribution in [0.2, 0.25) is 5.02 Å². The molecule has 6 nitrogen and oxygen atoms in total. The molecule has 0 atom stereocenters. The zero-order chi connectivity index (χ0) is 22.7. The normalized spacial score (nSPS) is 13.2. The molecule has 2 heterocycles. The molecule has 3 aromatic rings. The number of thiophene rings is 1. The zero-order valence-corrected chi connectivity index (χ0v) is 18.8. The number of esters is 1. The van der Waals surface area contributed by atoms with E-state index in [1.165, 1.54) is 24.5 Å². The van der Waals surface area contributed by atoms with Crippen molar-refractivity contribution in [1.29, 1.82) is 5.26 Å². The molecular weight excluding hydrogens is 448 g/mol. The Hall–Kier alpha value is -3.34. The summed E-state index contributed by atoms with van der Waals surface area (Å²) >= 11 is 7.39. The Morgan fingerprint density at radius 3 is 2.81 bits per heavy atom. The number of methoxy groups -OCH3 is 1. The number of rotatable bonds is 5. The monoisotopic (exact) mass is 466 g/mol. The summed E-state index contributed by atoms with van der Waals surface area (Å²) in [6, 6.07) is 12.5. The van der Waals surface area contributed by atoms with Gasteiger partial charge in [-0.05, 0) is 55.5 Å². The molecule has 2 aromatic heterocycles. The van der Waals surface area contributed by atoms with Crippen LogP contribution in [-0.2, 0) is 22.4 Å². The Balaban J connectivity index is 1.59. The minimum Gasteiger partial charge on any atom is -0.465 e. The van der Waals surface area contributed by atoms with Gasteiger partial charge >= 0.3 is 5.97 Å². The van der Waals surface area contributed by atoms with Crippen molar-refractivity contribution < 1.29 is 18.7 Å². The van der Waals surface area contributed by atoms with Gasteiger partial charge in [0.1, 0.15) is 28.2 Å². The molecule has 1 N–H and O–H groups in total. The number of hydrogen-bond donors (Lipinski definition) is 1. The lowest BCUT2D eigenvalue weighted by Crippen LogP contribution is -2.16. The number of carbonyl (C=O) groups excluding carboxylic acids is 2. The zero-order valence-electron chi connectivity index (χ0n) is 17.2. The van der Waals surface area contributed by atoms with E-state index in [0.29, 0.717) is 27.1 Å². The van der Waals surface area contributed by atoms with Crippen LogP contribution in [0.5, 0.6) is 0 Å². The van der Waals surface area contributed by atoms with Gasteiger partial charge in [-0.2, -0.15) is 5.26 Å². The molecule has 1 aliphatic carbocycles. The molecule has 0 bridgehead atoms. The number of hydrogen-bond acceptors (Lipinski definition) is 6. The first kappa shape index (κ1) is 21.9. The second-order valence-corrected chi connectivity index (χ2v) is 8.78. The predicted molar refractivity (Wildman–Crippen MR) is 124 cm³/mol. The van der Waals surface area contributed by atoms with Crippen molar-refractivity contribution in [2.75, 3.05) is 12.4 Å². The molecule has 1 amide bonds. The van der Waals surface area contributed by atoms with Gasteiger partial charge in [0.05, 0.1) is 12.7 Å². The third-order valence-corrected chi connectivity index (χ3v) is 6.62. The summed E-state index contributed by atoms with van der Waals surface area (Å²) in [5, 5.41) is 13.3. The smallest absolute Gasteiger partial charge is 0.341 e. The Morgan fingerprint density at radius 2 is 2.06 bits per heavy atom. The third-order valence-electron chi connectivity index (χ3n) is 5.18. The van der Waals surface area contributed by atoms with Gasteiger partial charge in [-0.1, -0.05) is 23.7 Å². The van der Waals surface area contributed by atoms with Gasteiger partial charge in [0.15, 0.2) is 0 Å². The number of carbonyl (C=O) groups is 2. The van der Waals surface area contributed by atoms with Crippen LogP contribution in [0.25, 0.3) is 17.4 Å². The fourth-order valence-electron chi connectivity index (χ4n) is 3.66. The van der Waals surface area contributed by atoms with E-state index in [1.54, 1.807) is 24.3 Å². The summed E-state index contributed by atoms with van der Waals surface area (Å²) in [5.74, 6) is -0.183. The fraction of sp³-hybridized carbons (Fsp3) is 0.208. The van der Waals surface area contributed by atoms with E-state index in [1.807, 2.05) is 18.2 Å². The number of ether oxygens (including phenoxy) is 1. The third kappa shape index (κ3) is 4.47. The number of amides is 1. The number of furan rings is 1. The van der Waals surface area contributed by atoms with Crippen molar-refractivity contribution in [1.82, 2.24) is 0 Å². The van der Waals surface area contributed by atoms with Crippen molar-refractivity contribution >= 4 is 45.9 Å². The lowest BCUT2D eigenvalue weighted by Gasteiger charge is -2.11. The van der Waals surface area contributed by atoms with Crippen molar-refractivity contribution in [3.63, 3.8) is 0 Å². The highest BCUT2D eigenvalue weighted by Crippen LogP contribution is 2.38. The molecule has 0 spiro atoms. The molecule has 32 heavy (non-hydrogen) atoms. The van der Waals surface area contributed by atoms with Crippen LogP contribution in [0.3, 0.4) is 0 Å². The number of nitriles is 1. The number of nitrogens with one attached hydrogen (secondary N) is 1. The van der Waals surface area contributed by atoms with Crippen molar-refractivity contribution in [3.05, 3.63) is 68.8 Å². The van der Waals surface area contributed by atoms with Crippen LogP contribution in [0.1, 0.15) is 39.4 Å². The van der Waals surface area contributed by atoms with Crippen LogP contribution in [-0.4, -0.2) is 19.0 Å². The fourth-order valence-corrected chi connectivity index (χ4v) is 5.12. The highest BCUT2D eigenvalue weighted by molar-refractivity contribution is 7.17.